The predicted octanol–water partition coefficient (Wildman–Crippen LogP) is 11.5. The Bertz CT molecular complexity index is 406. The first-order chi connectivity index (χ1) is 16.7. The minimum absolute atomic E-state index is 0.112. The van der Waals surface area contributed by atoms with Gasteiger partial charge in [-0.1, -0.05) is 175 Å². The zero-order valence-electron chi connectivity index (χ0n) is 23.9. The van der Waals surface area contributed by atoms with Crippen LogP contribution in [0, 0.1) is 11.8 Å². The van der Waals surface area contributed by atoms with Gasteiger partial charge in [0.25, 0.3) is 0 Å². The molecule has 2 heteroatoms. The highest BCUT2D eigenvalue weighted by atomic mass is 16.4. The normalized spacial score (nSPS) is 13.3. The predicted molar refractivity (Wildman–Crippen MR) is 152 cm³/mol. The molecule has 204 valence electrons. The molecule has 1 N–H and O–H groups in total. The fourth-order valence-corrected chi connectivity index (χ4v) is 5.51. The molecule has 0 rings (SSSR count). The van der Waals surface area contributed by atoms with E-state index in [1.807, 2.05) is 0 Å². The Morgan fingerprint density at radius 1 is 0.471 bits per heavy atom. The minimum atomic E-state index is -0.552. The highest BCUT2D eigenvalue weighted by molar-refractivity contribution is 5.69. The first kappa shape index (κ1) is 33.5. The van der Waals surface area contributed by atoms with Gasteiger partial charge in [-0.3, -0.25) is 4.79 Å². The van der Waals surface area contributed by atoms with Gasteiger partial charge < -0.3 is 5.11 Å². The third-order valence-corrected chi connectivity index (χ3v) is 7.79. The topological polar surface area (TPSA) is 37.3 Å². The van der Waals surface area contributed by atoms with Gasteiger partial charge >= 0.3 is 5.97 Å². The highest BCUT2D eigenvalue weighted by Gasteiger charge is 2.21. The maximum Gasteiger partial charge on any atom is 0.306 e. The van der Waals surface area contributed by atoms with E-state index < -0.39 is 5.97 Å². The summed E-state index contributed by atoms with van der Waals surface area (Å²) in [5.41, 5.74) is 0. The average Bonchev–Trinajstić information content (AvgIpc) is 2.82. The van der Waals surface area contributed by atoms with Crippen LogP contribution in [0.2, 0.25) is 0 Å². The molecule has 0 aliphatic rings. The van der Waals surface area contributed by atoms with E-state index in [-0.39, 0.29) is 5.92 Å². The second-order valence-electron chi connectivity index (χ2n) is 11.2. The molecule has 0 saturated carbocycles. The second kappa shape index (κ2) is 27.1. The monoisotopic (exact) mass is 480 g/mol. The van der Waals surface area contributed by atoms with Crippen LogP contribution in [0.4, 0.5) is 0 Å². The van der Waals surface area contributed by atoms with Crippen LogP contribution in [0.3, 0.4) is 0 Å². The zero-order chi connectivity index (χ0) is 25.1. The lowest BCUT2D eigenvalue weighted by Crippen LogP contribution is -2.18. The lowest BCUT2D eigenvalue weighted by atomic mass is 9.85. The van der Waals surface area contributed by atoms with Crippen LogP contribution in [0.1, 0.15) is 188 Å². The third-order valence-electron chi connectivity index (χ3n) is 7.79. The molecular weight excluding hydrogens is 416 g/mol. The molecule has 0 heterocycles. The van der Waals surface area contributed by atoms with Crippen LogP contribution in [0.25, 0.3) is 0 Å². The summed E-state index contributed by atoms with van der Waals surface area (Å²) < 4.78 is 0. The summed E-state index contributed by atoms with van der Waals surface area (Å²) in [7, 11) is 0. The van der Waals surface area contributed by atoms with Crippen molar-refractivity contribution in [2.24, 2.45) is 11.8 Å². The van der Waals surface area contributed by atoms with Crippen LogP contribution in [0.15, 0.2) is 0 Å². The molecule has 0 aromatic carbocycles. The lowest BCUT2D eigenvalue weighted by Gasteiger charge is -2.21. The first-order valence-corrected chi connectivity index (χ1v) is 15.9. The maximum absolute atomic E-state index is 11.8. The van der Waals surface area contributed by atoms with Crippen molar-refractivity contribution in [2.45, 2.75) is 188 Å². The van der Waals surface area contributed by atoms with Crippen molar-refractivity contribution in [2.75, 3.05) is 0 Å². The average molecular weight is 481 g/mol. The number of carboxylic acid groups (broad SMARTS) is 1. The molecule has 2 atom stereocenters. The number of unbranched alkanes of at least 4 members (excludes halogenated alkanes) is 19. The molecule has 0 aromatic heterocycles. The van der Waals surface area contributed by atoms with E-state index in [0.29, 0.717) is 5.92 Å². The van der Waals surface area contributed by atoms with E-state index in [4.69, 9.17) is 0 Å². The summed E-state index contributed by atoms with van der Waals surface area (Å²) in [5.74, 6) is -0.0454. The molecule has 2 nitrogen and oxygen atoms in total. The summed E-state index contributed by atoms with van der Waals surface area (Å²) in [6.45, 7) is 6.77. The van der Waals surface area contributed by atoms with E-state index in [9.17, 15) is 9.90 Å². The van der Waals surface area contributed by atoms with Gasteiger partial charge in [-0.2, -0.15) is 0 Å². The van der Waals surface area contributed by atoms with Crippen molar-refractivity contribution < 1.29 is 9.90 Å². The van der Waals surface area contributed by atoms with E-state index in [1.54, 1.807) is 0 Å². The Hall–Kier alpha value is -0.530. The van der Waals surface area contributed by atoms with E-state index in [0.717, 1.165) is 19.3 Å². The van der Waals surface area contributed by atoms with Crippen molar-refractivity contribution in [3.63, 3.8) is 0 Å². The molecule has 2 unspecified atom stereocenters. The van der Waals surface area contributed by atoms with Gasteiger partial charge in [-0.05, 0) is 18.8 Å². The molecule has 0 radical (unpaired) electrons. The van der Waals surface area contributed by atoms with E-state index in [1.165, 1.54) is 148 Å². The third kappa shape index (κ3) is 23.2. The van der Waals surface area contributed by atoms with Crippen molar-refractivity contribution in [3.05, 3.63) is 0 Å². The van der Waals surface area contributed by atoms with Gasteiger partial charge in [0.15, 0.2) is 0 Å². The van der Waals surface area contributed by atoms with Gasteiger partial charge in [0.1, 0.15) is 0 Å². The van der Waals surface area contributed by atoms with Crippen LogP contribution in [0.5, 0.6) is 0 Å². The van der Waals surface area contributed by atoms with E-state index in [2.05, 4.69) is 20.8 Å². The van der Waals surface area contributed by atoms with Gasteiger partial charge in [-0.25, -0.2) is 0 Å². The summed E-state index contributed by atoms with van der Waals surface area (Å²) in [5, 5.41) is 9.71. The number of carboxylic acids is 1. The smallest absolute Gasteiger partial charge is 0.306 e. The summed E-state index contributed by atoms with van der Waals surface area (Å²) in [6, 6.07) is 0. The van der Waals surface area contributed by atoms with E-state index >= 15 is 0 Å². The van der Waals surface area contributed by atoms with Gasteiger partial charge in [-0.15, -0.1) is 0 Å². The number of rotatable bonds is 28. The van der Waals surface area contributed by atoms with Crippen molar-refractivity contribution in [1.82, 2.24) is 0 Å². The largest absolute Gasteiger partial charge is 0.481 e. The minimum Gasteiger partial charge on any atom is -0.481 e. The second-order valence-corrected chi connectivity index (χ2v) is 11.2. The summed E-state index contributed by atoms with van der Waals surface area (Å²) in [4.78, 5) is 11.8. The Morgan fingerprint density at radius 2 is 0.824 bits per heavy atom. The molecule has 0 saturated heterocycles. The molecule has 0 aliphatic carbocycles. The number of hydrogen-bond donors (Lipinski definition) is 1. The molecule has 0 bridgehead atoms. The zero-order valence-corrected chi connectivity index (χ0v) is 23.9. The summed E-state index contributed by atoms with van der Waals surface area (Å²) in [6.07, 6.45) is 34.1. The Morgan fingerprint density at radius 3 is 1.21 bits per heavy atom. The number of hydrogen-bond acceptors (Lipinski definition) is 1. The lowest BCUT2D eigenvalue weighted by molar-refractivity contribution is -0.142. The first-order valence-electron chi connectivity index (χ1n) is 15.9. The van der Waals surface area contributed by atoms with Gasteiger partial charge in [0.2, 0.25) is 0 Å². The quantitative estimate of drug-likeness (QED) is 0.113. The maximum atomic E-state index is 11.8. The van der Waals surface area contributed by atoms with Crippen LogP contribution in [-0.2, 0) is 4.79 Å². The fourth-order valence-electron chi connectivity index (χ4n) is 5.51. The van der Waals surface area contributed by atoms with Crippen molar-refractivity contribution in [1.29, 1.82) is 0 Å². The molecule has 0 aromatic rings. The molecule has 0 spiro atoms. The molecule has 0 fully saturated rings. The molecular formula is C32H64O2. The molecule has 0 amide bonds. The van der Waals surface area contributed by atoms with Crippen molar-refractivity contribution in [3.8, 4) is 0 Å². The Labute approximate surface area is 215 Å². The van der Waals surface area contributed by atoms with Gasteiger partial charge in [0, 0.05) is 0 Å². The van der Waals surface area contributed by atoms with Crippen LogP contribution < -0.4 is 0 Å². The van der Waals surface area contributed by atoms with Crippen LogP contribution >= 0.6 is 0 Å². The van der Waals surface area contributed by atoms with Crippen molar-refractivity contribution >= 4 is 5.97 Å². The fraction of sp³-hybridized carbons (Fsp3) is 0.969. The Kier molecular flexibility index (Phi) is 26.6. The van der Waals surface area contributed by atoms with Gasteiger partial charge in [0.05, 0.1) is 5.92 Å². The molecule has 0 aliphatic heterocycles. The summed E-state index contributed by atoms with van der Waals surface area (Å²) >= 11 is 0. The molecule has 34 heavy (non-hydrogen) atoms. The standard InChI is InChI=1S/C32H64O2/c1-4-7-9-10-11-12-13-14-15-16-17-18-19-20-21-22-23-25-28-31(32(33)34)29-30(26-6-3)27-24-8-5-2/h30-31H,4-29H2,1-3H3,(H,33,34). The highest BCUT2D eigenvalue weighted by Crippen LogP contribution is 2.27. The van der Waals surface area contributed by atoms with Crippen LogP contribution in [-0.4, -0.2) is 11.1 Å². The number of carbonyl (C=O) groups is 1. The number of aliphatic carboxylic acids is 1. The SMILES string of the molecule is CCCCCCCCCCCCCCCCCCCCC(CC(CCC)CCCCC)C(=O)O. The Balaban J connectivity index is 3.57.